The SMILES string of the molecule is O=C(C[C@H]1NC(=O)N(Cc2cccc(F)c2)C1=O)NCCc1cnc[nH]1. The molecule has 4 amide bonds. The van der Waals surface area contributed by atoms with Crippen molar-refractivity contribution in [2.24, 2.45) is 0 Å². The molecule has 1 aromatic carbocycles. The number of H-pyrrole nitrogens is 1. The number of benzene rings is 1. The maximum absolute atomic E-state index is 13.2. The Morgan fingerprint density at radius 3 is 2.92 bits per heavy atom. The van der Waals surface area contributed by atoms with Crippen molar-refractivity contribution in [3.05, 3.63) is 53.9 Å². The van der Waals surface area contributed by atoms with Gasteiger partial charge >= 0.3 is 6.03 Å². The molecule has 0 radical (unpaired) electrons. The van der Waals surface area contributed by atoms with Crippen molar-refractivity contribution < 1.29 is 18.8 Å². The number of hydrogen-bond donors (Lipinski definition) is 3. The minimum absolute atomic E-state index is 0.0413. The molecule has 1 aromatic heterocycles. The van der Waals surface area contributed by atoms with Crippen LogP contribution in [0.1, 0.15) is 17.7 Å². The van der Waals surface area contributed by atoms with E-state index in [1.807, 2.05) is 0 Å². The summed E-state index contributed by atoms with van der Waals surface area (Å²) in [5.41, 5.74) is 1.38. The Morgan fingerprint density at radius 1 is 1.35 bits per heavy atom. The van der Waals surface area contributed by atoms with Crippen LogP contribution in [0.4, 0.5) is 9.18 Å². The van der Waals surface area contributed by atoms with Crippen molar-refractivity contribution >= 4 is 17.8 Å². The zero-order valence-electron chi connectivity index (χ0n) is 13.9. The van der Waals surface area contributed by atoms with Gasteiger partial charge in [0.05, 0.1) is 19.3 Å². The van der Waals surface area contributed by atoms with E-state index in [1.54, 1.807) is 18.6 Å². The third-order valence-corrected chi connectivity index (χ3v) is 4.00. The molecule has 0 bridgehead atoms. The van der Waals surface area contributed by atoms with Crippen LogP contribution in [0, 0.1) is 5.82 Å². The van der Waals surface area contributed by atoms with Crippen LogP contribution in [0.15, 0.2) is 36.8 Å². The molecule has 0 unspecified atom stereocenters. The number of hydrogen-bond acceptors (Lipinski definition) is 4. The molecule has 2 aromatic rings. The van der Waals surface area contributed by atoms with Gasteiger partial charge in [-0.2, -0.15) is 0 Å². The van der Waals surface area contributed by atoms with Crippen LogP contribution < -0.4 is 10.6 Å². The van der Waals surface area contributed by atoms with Crippen molar-refractivity contribution in [1.29, 1.82) is 0 Å². The molecule has 0 aliphatic carbocycles. The average Bonchev–Trinajstić information content (AvgIpc) is 3.19. The van der Waals surface area contributed by atoms with E-state index in [-0.39, 0.29) is 18.9 Å². The van der Waals surface area contributed by atoms with E-state index < -0.39 is 23.8 Å². The van der Waals surface area contributed by atoms with Gasteiger partial charge in [0.25, 0.3) is 5.91 Å². The van der Waals surface area contributed by atoms with E-state index in [0.29, 0.717) is 18.5 Å². The Labute approximate surface area is 148 Å². The number of aromatic amines is 1. The van der Waals surface area contributed by atoms with E-state index in [0.717, 1.165) is 10.6 Å². The fraction of sp³-hybridized carbons (Fsp3) is 0.294. The minimum atomic E-state index is -0.914. The van der Waals surface area contributed by atoms with Gasteiger partial charge in [0.2, 0.25) is 5.91 Å². The minimum Gasteiger partial charge on any atom is -0.356 e. The van der Waals surface area contributed by atoms with Gasteiger partial charge in [-0.1, -0.05) is 12.1 Å². The van der Waals surface area contributed by atoms with Crippen molar-refractivity contribution in [3.8, 4) is 0 Å². The van der Waals surface area contributed by atoms with Gasteiger partial charge in [0, 0.05) is 24.9 Å². The second-order valence-electron chi connectivity index (χ2n) is 5.94. The Bertz CT molecular complexity index is 808. The highest BCUT2D eigenvalue weighted by Crippen LogP contribution is 2.14. The monoisotopic (exact) mass is 359 g/mol. The van der Waals surface area contributed by atoms with Crippen molar-refractivity contribution in [1.82, 2.24) is 25.5 Å². The highest BCUT2D eigenvalue weighted by molar-refractivity contribution is 6.05. The molecule has 8 nitrogen and oxygen atoms in total. The Hall–Kier alpha value is -3.23. The van der Waals surface area contributed by atoms with Crippen LogP contribution in [-0.2, 0) is 22.6 Å². The summed E-state index contributed by atoms with van der Waals surface area (Å²) in [6.07, 6.45) is 3.66. The van der Waals surface area contributed by atoms with Gasteiger partial charge in [-0.05, 0) is 17.7 Å². The normalized spacial score (nSPS) is 16.7. The molecule has 9 heteroatoms. The van der Waals surface area contributed by atoms with E-state index in [1.165, 1.54) is 18.2 Å². The lowest BCUT2D eigenvalue weighted by molar-refractivity contribution is -0.131. The lowest BCUT2D eigenvalue weighted by Crippen LogP contribution is -2.37. The third kappa shape index (κ3) is 4.24. The number of nitrogens with zero attached hydrogens (tertiary/aromatic N) is 2. The fourth-order valence-corrected chi connectivity index (χ4v) is 2.70. The number of amides is 4. The van der Waals surface area contributed by atoms with E-state index in [2.05, 4.69) is 20.6 Å². The van der Waals surface area contributed by atoms with Crippen LogP contribution in [0.3, 0.4) is 0 Å². The summed E-state index contributed by atoms with van der Waals surface area (Å²) in [6.45, 7) is 0.350. The van der Waals surface area contributed by atoms with Gasteiger partial charge in [-0.15, -0.1) is 0 Å². The molecule has 1 atom stereocenters. The summed E-state index contributed by atoms with van der Waals surface area (Å²) < 4.78 is 13.2. The number of rotatable bonds is 7. The first-order valence-corrected chi connectivity index (χ1v) is 8.13. The predicted octanol–water partition coefficient (Wildman–Crippen LogP) is 0.718. The molecule has 3 rings (SSSR count). The van der Waals surface area contributed by atoms with Gasteiger partial charge in [-0.25, -0.2) is 14.2 Å². The number of imidazole rings is 1. The molecule has 0 saturated carbocycles. The molecule has 136 valence electrons. The van der Waals surface area contributed by atoms with E-state index >= 15 is 0 Å². The Balaban J connectivity index is 1.50. The zero-order chi connectivity index (χ0) is 18.5. The van der Waals surface area contributed by atoms with Crippen LogP contribution in [0.5, 0.6) is 0 Å². The van der Waals surface area contributed by atoms with Crippen LogP contribution >= 0.6 is 0 Å². The molecule has 26 heavy (non-hydrogen) atoms. The molecule has 1 fully saturated rings. The molecular weight excluding hydrogens is 341 g/mol. The largest absolute Gasteiger partial charge is 0.356 e. The van der Waals surface area contributed by atoms with Crippen LogP contribution in [-0.4, -0.2) is 45.3 Å². The lowest BCUT2D eigenvalue weighted by atomic mass is 10.1. The van der Waals surface area contributed by atoms with Crippen LogP contribution in [0.25, 0.3) is 0 Å². The van der Waals surface area contributed by atoms with Gasteiger partial charge in [-0.3, -0.25) is 14.5 Å². The average molecular weight is 359 g/mol. The molecular formula is C17H18FN5O3. The van der Waals surface area contributed by atoms with Crippen molar-refractivity contribution in [2.45, 2.75) is 25.4 Å². The Morgan fingerprint density at radius 2 is 2.19 bits per heavy atom. The standard InChI is InChI=1S/C17H18FN5O3/c18-12-3-1-2-11(6-12)9-23-16(25)14(22-17(23)26)7-15(24)20-5-4-13-8-19-10-21-13/h1-3,6,8,10,14H,4-5,7,9H2,(H,19,21)(H,20,24)(H,22,26)/t14-/m1/s1. The summed E-state index contributed by atoms with van der Waals surface area (Å²) in [4.78, 5) is 44.1. The highest BCUT2D eigenvalue weighted by atomic mass is 19.1. The molecule has 1 saturated heterocycles. The van der Waals surface area contributed by atoms with E-state index in [4.69, 9.17) is 0 Å². The third-order valence-electron chi connectivity index (χ3n) is 4.00. The molecule has 2 heterocycles. The maximum Gasteiger partial charge on any atom is 0.325 e. The number of nitrogens with one attached hydrogen (secondary N) is 3. The summed E-state index contributed by atoms with van der Waals surface area (Å²) in [5, 5.41) is 5.19. The van der Waals surface area contributed by atoms with Gasteiger partial charge < -0.3 is 15.6 Å². The van der Waals surface area contributed by atoms with E-state index in [9.17, 15) is 18.8 Å². The van der Waals surface area contributed by atoms with Crippen molar-refractivity contribution in [3.63, 3.8) is 0 Å². The first-order chi connectivity index (χ1) is 12.5. The summed E-state index contributed by atoms with van der Waals surface area (Å²) in [6, 6.07) is 4.17. The van der Waals surface area contributed by atoms with Crippen molar-refractivity contribution in [2.75, 3.05) is 6.54 Å². The number of urea groups is 1. The number of halogens is 1. The summed E-state index contributed by atoms with van der Waals surface area (Å²) in [7, 11) is 0. The molecule has 0 spiro atoms. The fourth-order valence-electron chi connectivity index (χ4n) is 2.70. The number of carbonyl (C=O) groups is 3. The summed E-state index contributed by atoms with van der Waals surface area (Å²) >= 11 is 0. The molecule has 3 N–H and O–H groups in total. The quantitative estimate of drug-likeness (QED) is 0.633. The molecule has 1 aliphatic rings. The highest BCUT2D eigenvalue weighted by Gasteiger charge is 2.38. The topological polar surface area (TPSA) is 107 Å². The van der Waals surface area contributed by atoms with Gasteiger partial charge in [0.15, 0.2) is 0 Å². The van der Waals surface area contributed by atoms with Gasteiger partial charge in [0.1, 0.15) is 11.9 Å². The molecule has 1 aliphatic heterocycles. The van der Waals surface area contributed by atoms with Crippen LogP contribution in [0.2, 0.25) is 0 Å². The number of imide groups is 1. The first-order valence-electron chi connectivity index (χ1n) is 8.13. The number of carbonyl (C=O) groups excluding carboxylic acids is 3. The number of aromatic nitrogens is 2. The predicted molar refractivity (Wildman–Crippen MR) is 89.2 cm³/mol. The smallest absolute Gasteiger partial charge is 0.325 e. The second-order valence-corrected chi connectivity index (χ2v) is 5.94. The maximum atomic E-state index is 13.2. The zero-order valence-corrected chi connectivity index (χ0v) is 13.9. The first kappa shape index (κ1) is 17.6. The second kappa shape index (κ2) is 7.77. The summed E-state index contributed by atoms with van der Waals surface area (Å²) in [5.74, 6) is -1.28. The lowest BCUT2D eigenvalue weighted by Gasteiger charge is -2.13. The Kier molecular flexibility index (Phi) is 5.26.